The highest BCUT2D eigenvalue weighted by molar-refractivity contribution is 5.96. The zero-order valence-electron chi connectivity index (χ0n) is 15.5. The number of hydrogen-bond donors (Lipinski definition) is 3. The van der Waals surface area contributed by atoms with Gasteiger partial charge in [-0.05, 0) is 50.1 Å². The van der Waals surface area contributed by atoms with Crippen molar-refractivity contribution >= 4 is 17.6 Å². The molecule has 144 valence electrons. The Morgan fingerprint density at radius 3 is 2.22 bits per heavy atom. The number of fused-ring (bicyclic) bond motifs is 1. The summed E-state index contributed by atoms with van der Waals surface area (Å²) >= 11 is 0. The van der Waals surface area contributed by atoms with Gasteiger partial charge in [-0.15, -0.1) is 0 Å². The van der Waals surface area contributed by atoms with Crippen LogP contribution in [0.2, 0.25) is 0 Å². The molecule has 0 saturated heterocycles. The fourth-order valence-electron chi connectivity index (χ4n) is 2.47. The molecule has 0 aromatic heterocycles. The number of benzene rings is 2. The van der Waals surface area contributed by atoms with E-state index in [1.54, 1.807) is 0 Å². The number of aromatic carboxylic acids is 2. The van der Waals surface area contributed by atoms with E-state index in [2.05, 4.69) is 19.2 Å². The molecular formula is C20H23NO6. The van der Waals surface area contributed by atoms with E-state index in [4.69, 9.17) is 19.7 Å². The van der Waals surface area contributed by atoms with Crippen LogP contribution in [0, 0.1) is 6.92 Å². The molecule has 1 aliphatic rings. The van der Waals surface area contributed by atoms with Crippen LogP contribution in [0.25, 0.3) is 0 Å². The van der Waals surface area contributed by atoms with E-state index in [0.717, 1.165) is 23.6 Å². The first-order chi connectivity index (χ1) is 12.8. The minimum atomic E-state index is -1.11. The van der Waals surface area contributed by atoms with Crippen LogP contribution in [0.5, 0.6) is 11.5 Å². The van der Waals surface area contributed by atoms with Gasteiger partial charge < -0.3 is 25.0 Å². The van der Waals surface area contributed by atoms with Crippen LogP contribution in [0.4, 0.5) is 5.69 Å². The normalized spacial score (nSPS) is 12.6. The van der Waals surface area contributed by atoms with E-state index >= 15 is 0 Å². The number of carboxylic acids is 2. The minimum absolute atomic E-state index is 0.0277. The van der Waals surface area contributed by atoms with Crippen molar-refractivity contribution in [3.8, 4) is 11.5 Å². The van der Waals surface area contributed by atoms with Crippen molar-refractivity contribution < 1.29 is 29.3 Å². The third-order valence-corrected chi connectivity index (χ3v) is 4.19. The Hall–Kier alpha value is -3.22. The summed E-state index contributed by atoms with van der Waals surface area (Å²) in [6.45, 7) is 6.13. The van der Waals surface area contributed by atoms with Crippen LogP contribution in [-0.4, -0.2) is 35.0 Å². The highest BCUT2D eigenvalue weighted by Crippen LogP contribution is 2.34. The van der Waals surface area contributed by atoms with Gasteiger partial charge >= 0.3 is 11.9 Å². The van der Waals surface area contributed by atoms with E-state index in [0.29, 0.717) is 12.8 Å². The van der Waals surface area contributed by atoms with Crippen molar-refractivity contribution in [2.24, 2.45) is 0 Å². The van der Waals surface area contributed by atoms with Crippen LogP contribution in [-0.2, 0) is 0 Å². The maximum absolute atomic E-state index is 10.6. The third kappa shape index (κ3) is 5.13. The molecular weight excluding hydrogens is 350 g/mol. The van der Waals surface area contributed by atoms with Crippen LogP contribution in [0.1, 0.15) is 46.5 Å². The second-order valence-electron chi connectivity index (χ2n) is 6.11. The second-order valence-corrected chi connectivity index (χ2v) is 6.11. The molecule has 1 atom stereocenters. The topological polar surface area (TPSA) is 105 Å². The molecule has 0 aliphatic carbocycles. The van der Waals surface area contributed by atoms with Crippen molar-refractivity contribution in [3.05, 3.63) is 53.1 Å². The lowest BCUT2D eigenvalue weighted by Gasteiger charge is -2.12. The largest absolute Gasteiger partial charge is 0.478 e. The summed E-state index contributed by atoms with van der Waals surface area (Å²) in [7, 11) is 0. The molecule has 0 saturated carbocycles. The Morgan fingerprint density at radius 1 is 1.07 bits per heavy atom. The summed E-state index contributed by atoms with van der Waals surface area (Å²) in [4.78, 5) is 21.2. The van der Waals surface area contributed by atoms with Gasteiger partial charge in [0.2, 0.25) is 6.79 Å². The van der Waals surface area contributed by atoms with Gasteiger partial charge in [0.15, 0.2) is 11.5 Å². The standard InChI is InChI=1S/C11H15NO2.C9H8O4/c1-3-8(2)12-9-4-5-10-11(6-9)14-7-13-10;1-5-6(8(10)11)3-2-4-7(5)9(12)13/h4-6,8,12H,3,7H2,1-2H3;2-4H,1H3,(H,10,11)(H,12,13). The number of rotatable bonds is 5. The Kier molecular flexibility index (Phi) is 6.65. The molecule has 0 spiro atoms. The molecule has 1 heterocycles. The number of hydrogen-bond acceptors (Lipinski definition) is 5. The van der Waals surface area contributed by atoms with E-state index < -0.39 is 11.9 Å². The van der Waals surface area contributed by atoms with Gasteiger partial charge in [0.05, 0.1) is 11.1 Å². The van der Waals surface area contributed by atoms with Crippen molar-refractivity contribution in [2.75, 3.05) is 12.1 Å². The lowest BCUT2D eigenvalue weighted by atomic mass is 10.0. The summed E-state index contributed by atoms with van der Waals surface area (Å²) < 4.78 is 10.5. The summed E-state index contributed by atoms with van der Waals surface area (Å²) in [6, 6.07) is 10.6. The van der Waals surface area contributed by atoms with Gasteiger partial charge in [0.25, 0.3) is 0 Å². The third-order valence-electron chi connectivity index (χ3n) is 4.19. The fourth-order valence-corrected chi connectivity index (χ4v) is 2.47. The van der Waals surface area contributed by atoms with E-state index in [1.807, 2.05) is 18.2 Å². The lowest BCUT2D eigenvalue weighted by molar-refractivity contribution is 0.0696. The zero-order valence-corrected chi connectivity index (χ0v) is 15.5. The average molecular weight is 373 g/mol. The van der Waals surface area contributed by atoms with Crippen LogP contribution >= 0.6 is 0 Å². The summed E-state index contributed by atoms with van der Waals surface area (Å²) in [6.07, 6.45) is 1.11. The van der Waals surface area contributed by atoms with Crippen LogP contribution < -0.4 is 14.8 Å². The molecule has 3 rings (SSSR count). The maximum atomic E-state index is 10.6. The predicted octanol–water partition coefficient (Wildman–Crippen LogP) is 4.02. The molecule has 0 bridgehead atoms. The molecule has 2 aromatic rings. The number of carbonyl (C=O) groups is 2. The SMILES string of the molecule is CCC(C)Nc1ccc2c(c1)OCO2.Cc1c(C(=O)O)cccc1C(=O)O. The Morgan fingerprint density at radius 2 is 1.67 bits per heavy atom. The minimum Gasteiger partial charge on any atom is -0.478 e. The second kappa shape index (κ2) is 8.93. The van der Waals surface area contributed by atoms with Gasteiger partial charge in [-0.3, -0.25) is 0 Å². The first-order valence-electron chi connectivity index (χ1n) is 8.55. The van der Waals surface area contributed by atoms with Gasteiger partial charge in [0, 0.05) is 17.8 Å². The number of carboxylic acid groups (broad SMARTS) is 2. The van der Waals surface area contributed by atoms with E-state index in [9.17, 15) is 9.59 Å². The molecule has 3 N–H and O–H groups in total. The van der Waals surface area contributed by atoms with E-state index in [-0.39, 0.29) is 16.7 Å². The van der Waals surface area contributed by atoms with Crippen molar-refractivity contribution in [1.82, 2.24) is 0 Å². The van der Waals surface area contributed by atoms with E-state index in [1.165, 1.54) is 25.1 Å². The number of ether oxygens (including phenoxy) is 2. The zero-order chi connectivity index (χ0) is 20.0. The van der Waals surface area contributed by atoms with Crippen molar-refractivity contribution in [3.63, 3.8) is 0 Å². The van der Waals surface area contributed by atoms with Gasteiger partial charge in [-0.2, -0.15) is 0 Å². The van der Waals surface area contributed by atoms with Crippen LogP contribution in [0.3, 0.4) is 0 Å². The Labute approximate surface area is 157 Å². The first kappa shape index (κ1) is 20.1. The quantitative estimate of drug-likeness (QED) is 0.727. The average Bonchev–Trinajstić information content (AvgIpc) is 3.09. The summed E-state index contributed by atoms with van der Waals surface area (Å²) in [5.41, 5.74) is 1.42. The molecule has 1 unspecified atom stereocenters. The molecule has 7 nitrogen and oxygen atoms in total. The molecule has 0 amide bonds. The van der Waals surface area contributed by atoms with Crippen LogP contribution in [0.15, 0.2) is 36.4 Å². The number of anilines is 1. The monoisotopic (exact) mass is 373 g/mol. The summed E-state index contributed by atoms with van der Waals surface area (Å²) in [5.74, 6) is -0.556. The highest BCUT2D eigenvalue weighted by atomic mass is 16.7. The molecule has 1 aliphatic heterocycles. The maximum Gasteiger partial charge on any atom is 0.335 e. The van der Waals surface area contributed by atoms with Gasteiger partial charge in [-0.25, -0.2) is 9.59 Å². The fraction of sp³-hybridized carbons (Fsp3) is 0.300. The lowest BCUT2D eigenvalue weighted by Crippen LogP contribution is -2.12. The Balaban J connectivity index is 0.000000194. The van der Waals surface area contributed by atoms with Gasteiger partial charge in [-0.1, -0.05) is 13.0 Å². The highest BCUT2D eigenvalue weighted by Gasteiger charge is 2.14. The first-order valence-corrected chi connectivity index (χ1v) is 8.55. The summed E-state index contributed by atoms with van der Waals surface area (Å²) in [5, 5.41) is 20.7. The molecule has 2 aromatic carbocycles. The molecule has 0 fully saturated rings. The number of nitrogens with one attached hydrogen (secondary N) is 1. The van der Waals surface area contributed by atoms with Gasteiger partial charge in [0.1, 0.15) is 0 Å². The smallest absolute Gasteiger partial charge is 0.335 e. The predicted molar refractivity (Wildman–Crippen MR) is 101 cm³/mol. The molecule has 27 heavy (non-hydrogen) atoms. The van der Waals surface area contributed by atoms with Crippen molar-refractivity contribution in [2.45, 2.75) is 33.2 Å². The van der Waals surface area contributed by atoms with Crippen molar-refractivity contribution in [1.29, 1.82) is 0 Å². The Bertz CT molecular complexity index is 801. The molecule has 0 radical (unpaired) electrons. The molecule has 7 heteroatoms.